The summed E-state index contributed by atoms with van der Waals surface area (Å²) in [5, 5.41) is 0. The Labute approximate surface area is 188 Å². The maximum Gasteiger partial charge on any atom is 0.418 e. The minimum absolute atomic E-state index is 0.161. The molecule has 4 aromatic rings. The Bertz CT molecular complexity index is 1380. The molecule has 0 bridgehead atoms. The van der Waals surface area contributed by atoms with Gasteiger partial charge in [-0.2, -0.15) is 13.2 Å². The van der Waals surface area contributed by atoms with Crippen LogP contribution in [-0.2, 0) is 19.6 Å². The molecule has 5 nitrogen and oxygen atoms in total. The Kier molecular flexibility index (Phi) is 6.00. The minimum atomic E-state index is -4.48. The fraction of sp³-hybridized carbons (Fsp3) is 0.160. The first kappa shape index (κ1) is 22.3. The van der Waals surface area contributed by atoms with Gasteiger partial charge in [0.15, 0.2) is 0 Å². The average molecular weight is 450 g/mol. The molecule has 0 saturated carbocycles. The van der Waals surface area contributed by atoms with Crippen molar-refractivity contribution in [2.75, 3.05) is 0 Å². The van der Waals surface area contributed by atoms with Crippen molar-refractivity contribution in [3.05, 3.63) is 106 Å². The van der Waals surface area contributed by atoms with Crippen molar-refractivity contribution in [3.63, 3.8) is 0 Å². The van der Waals surface area contributed by atoms with Crippen LogP contribution in [-0.4, -0.2) is 19.1 Å². The van der Waals surface area contributed by atoms with Gasteiger partial charge in [-0.05, 0) is 48.4 Å². The van der Waals surface area contributed by atoms with Crippen LogP contribution in [0.4, 0.5) is 13.2 Å². The van der Waals surface area contributed by atoms with Crippen molar-refractivity contribution in [1.29, 1.82) is 0 Å². The second kappa shape index (κ2) is 8.90. The number of allylic oxidation sites excluding steroid dienone is 1. The number of pyridine rings is 2. The lowest BCUT2D eigenvalue weighted by molar-refractivity contribution is -0.137. The molecule has 1 aliphatic carbocycles. The van der Waals surface area contributed by atoms with Crippen molar-refractivity contribution < 1.29 is 13.2 Å². The molecule has 1 aromatic carbocycles. The number of nitrogens with zero attached hydrogens (tertiary/aromatic N) is 4. The fourth-order valence-corrected chi connectivity index (χ4v) is 3.58. The zero-order chi connectivity index (χ0) is 23.6. The monoisotopic (exact) mass is 450 g/mol. The lowest BCUT2D eigenvalue weighted by atomic mass is 10.1. The van der Waals surface area contributed by atoms with E-state index in [2.05, 4.69) is 34.3 Å². The van der Waals surface area contributed by atoms with Crippen molar-refractivity contribution in [1.82, 2.24) is 19.1 Å². The van der Waals surface area contributed by atoms with Gasteiger partial charge in [-0.25, -0.2) is 4.79 Å². The number of hydrogen-bond donors (Lipinski definition) is 0. The topological polar surface area (TPSA) is 52.7 Å². The molecule has 5 rings (SSSR count). The van der Waals surface area contributed by atoms with Gasteiger partial charge in [-0.3, -0.25) is 14.5 Å². The summed E-state index contributed by atoms with van der Waals surface area (Å²) in [5.41, 5.74) is 4.30. The number of alkyl halides is 3. The van der Waals surface area contributed by atoms with Gasteiger partial charge in [0, 0.05) is 49.5 Å². The first-order valence-electron chi connectivity index (χ1n) is 10.2. The molecule has 0 amide bonds. The zero-order valence-electron chi connectivity index (χ0n) is 18.0. The van der Waals surface area contributed by atoms with E-state index in [0.29, 0.717) is 0 Å². The molecule has 3 heterocycles. The Morgan fingerprint density at radius 2 is 1.79 bits per heavy atom. The van der Waals surface area contributed by atoms with Gasteiger partial charge in [0.25, 0.3) is 0 Å². The summed E-state index contributed by atoms with van der Waals surface area (Å²) in [6, 6.07) is 11.3. The Hall–Kier alpha value is -3.94. The van der Waals surface area contributed by atoms with Crippen molar-refractivity contribution in [3.8, 4) is 16.8 Å². The van der Waals surface area contributed by atoms with Crippen LogP contribution >= 0.6 is 0 Å². The predicted molar refractivity (Wildman–Crippen MR) is 121 cm³/mol. The first-order valence-corrected chi connectivity index (χ1v) is 10.2. The van der Waals surface area contributed by atoms with E-state index in [0.717, 1.165) is 28.3 Å². The van der Waals surface area contributed by atoms with Crippen LogP contribution in [0.3, 0.4) is 0 Å². The minimum Gasteiger partial charge on any atom is -0.302 e. The molecule has 0 saturated heterocycles. The molecule has 0 spiro atoms. The molecule has 0 aliphatic heterocycles. The number of imidazole rings is 1. The first-order chi connectivity index (χ1) is 15.7. The van der Waals surface area contributed by atoms with Crippen LogP contribution in [0.2, 0.25) is 0 Å². The molecule has 0 radical (unpaired) electrons. The van der Waals surface area contributed by atoms with Gasteiger partial charge in [-0.15, -0.1) is 0 Å². The van der Waals surface area contributed by atoms with Crippen LogP contribution in [0, 0.1) is 6.92 Å². The van der Waals surface area contributed by atoms with Gasteiger partial charge >= 0.3 is 11.9 Å². The highest BCUT2D eigenvalue weighted by atomic mass is 19.4. The fourth-order valence-electron chi connectivity index (χ4n) is 3.58. The van der Waals surface area contributed by atoms with E-state index < -0.39 is 17.4 Å². The van der Waals surface area contributed by atoms with E-state index in [1.807, 2.05) is 25.4 Å². The normalized spacial score (nSPS) is 12.3. The second-order valence-corrected chi connectivity index (χ2v) is 7.63. The quantitative estimate of drug-likeness (QED) is 0.421. The highest BCUT2D eigenvalue weighted by Gasteiger charge is 2.33. The smallest absolute Gasteiger partial charge is 0.302 e. The molecule has 0 unspecified atom stereocenters. The summed E-state index contributed by atoms with van der Waals surface area (Å²) >= 11 is 0. The van der Waals surface area contributed by atoms with E-state index in [1.165, 1.54) is 59.0 Å². The molecule has 168 valence electrons. The number of halogens is 3. The third-order valence-electron chi connectivity index (χ3n) is 5.26. The Morgan fingerprint density at radius 1 is 1.00 bits per heavy atom. The molecule has 3 aromatic heterocycles. The Morgan fingerprint density at radius 3 is 2.48 bits per heavy atom. The van der Waals surface area contributed by atoms with E-state index in [-0.39, 0.29) is 5.69 Å². The van der Waals surface area contributed by atoms with Crippen LogP contribution in [0.5, 0.6) is 0 Å². The number of aromatic nitrogens is 4. The molecule has 0 fully saturated rings. The van der Waals surface area contributed by atoms with Crippen LogP contribution in [0.1, 0.15) is 22.5 Å². The second-order valence-electron chi connectivity index (χ2n) is 7.63. The highest BCUT2D eigenvalue weighted by Crippen LogP contribution is 2.33. The SMILES string of the molecule is Cc1cc(-c2cnc3c(c2)C=CC3)ccn1.Cn1ccn(-c2ccccc2C(F)(F)F)c1=O. The third kappa shape index (κ3) is 4.79. The predicted octanol–water partition coefficient (Wildman–Crippen LogP) is 5.22. The van der Waals surface area contributed by atoms with Crippen LogP contribution in [0.15, 0.2) is 78.1 Å². The maximum atomic E-state index is 12.8. The molecule has 0 N–H and O–H groups in total. The zero-order valence-corrected chi connectivity index (χ0v) is 18.0. The standard InChI is InChI=1S/C14H12N2.C11H9F3N2O/c1-10-7-11(5-6-15-10)13-8-12-3-2-4-14(12)16-9-13;1-15-6-7-16(10(15)17)9-5-3-2-4-8(9)11(12,13)14/h2-3,5-9H,4H2,1H3;2-7H,1H3. The lowest BCUT2D eigenvalue weighted by Gasteiger charge is -2.12. The number of fused-ring (bicyclic) bond motifs is 1. The maximum absolute atomic E-state index is 12.8. The van der Waals surface area contributed by atoms with Gasteiger partial charge < -0.3 is 4.57 Å². The summed E-state index contributed by atoms with van der Waals surface area (Å²) in [7, 11) is 1.48. The van der Waals surface area contributed by atoms with Crippen LogP contribution in [0.25, 0.3) is 22.9 Å². The molecule has 0 atom stereocenters. The molecular formula is C25H21F3N4O. The van der Waals surface area contributed by atoms with E-state index in [1.54, 1.807) is 0 Å². The number of aryl methyl sites for hydroxylation is 2. The van der Waals surface area contributed by atoms with E-state index in [9.17, 15) is 18.0 Å². The Balaban J connectivity index is 0.000000157. The summed E-state index contributed by atoms with van der Waals surface area (Å²) in [6.07, 6.45) is 7.28. The third-order valence-corrected chi connectivity index (χ3v) is 5.26. The number of hydrogen-bond acceptors (Lipinski definition) is 3. The number of para-hydroxylation sites is 1. The van der Waals surface area contributed by atoms with Gasteiger partial charge in [-0.1, -0.05) is 24.3 Å². The molecular weight excluding hydrogens is 429 g/mol. The molecule has 33 heavy (non-hydrogen) atoms. The van der Waals surface area contributed by atoms with Gasteiger partial charge in [0.2, 0.25) is 0 Å². The summed E-state index contributed by atoms with van der Waals surface area (Å²) in [4.78, 5) is 20.3. The number of benzene rings is 1. The highest BCUT2D eigenvalue weighted by molar-refractivity contribution is 5.69. The van der Waals surface area contributed by atoms with Crippen molar-refractivity contribution in [2.45, 2.75) is 19.5 Å². The summed E-state index contributed by atoms with van der Waals surface area (Å²) in [6.45, 7) is 2.00. The number of rotatable bonds is 2. The summed E-state index contributed by atoms with van der Waals surface area (Å²) < 4.78 is 40.4. The van der Waals surface area contributed by atoms with Crippen molar-refractivity contribution >= 4 is 6.08 Å². The largest absolute Gasteiger partial charge is 0.418 e. The van der Waals surface area contributed by atoms with Crippen molar-refractivity contribution in [2.24, 2.45) is 7.05 Å². The van der Waals surface area contributed by atoms with E-state index in [4.69, 9.17) is 0 Å². The molecule has 1 aliphatic rings. The van der Waals surface area contributed by atoms with Crippen LogP contribution < -0.4 is 5.69 Å². The summed E-state index contributed by atoms with van der Waals surface area (Å²) in [5.74, 6) is 0. The molecule has 8 heteroatoms. The van der Waals surface area contributed by atoms with E-state index >= 15 is 0 Å². The van der Waals surface area contributed by atoms with Gasteiger partial charge in [0.1, 0.15) is 0 Å². The van der Waals surface area contributed by atoms with Gasteiger partial charge in [0.05, 0.1) is 16.9 Å². The lowest BCUT2D eigenvalue weighted by Crippen LogP contribution is -2.22. The average Bonchev–Trinajstić information content (AvgIpc) is 3.39.